The van der Waals surface area contributed by atoms with Crippen molar-refractivity contribution in [2.24, 2.45) is 5.92 Å². The maximum Gasteiger partial charge on any atom is 0.304 e. The number of carboxylic acids is 1. The molecule has 0 heterocycles. The SMILES string of the molecule is CCC(CCC(=O)NCCNCCNCCC(=O)O)C(C)=O. The molecule has 0 saturated heterocycles. The molecule has 0 aliphatic carbocycles. The Balaban J connectivity index is 3.42. The van der Waals surface area contributed by atoms with Gasteiger partial charge in [0.2, 0.25) is 5.91 Å². The number of ketones is 1. The van der Waals surface area contributed by atoms with E-state index in [0.29, 0.717) is 39.0 Å². The molecule has 0 aliphatic heterocycles. The average Bonchev–Trinajstić information content (AvgIpc) is 2.45. The third-order valence-corrected chi connectivity index (χ3v) is 3.41. The molecule has 0 rings (SSSR count). The second kappa shape index (κ2) is 13.2. The van der Waals surface area contributed by atoms with Gasteiger partial charge in [-0.1, -0.05) is 6.92 Å². The molecule has 1 amide bonds. The van der Waals surface area contributed by atoms with Gasteiger partial charge in [0.25, 0.3) is 0 Å². The summed E-state index contributed by atoms with van der Waals surface area (Å²) in [6.45, 7) is 6.61. The van der Waals surface area contributed by atoms with Crippen molar-refractivity contribution in [3.05, 3.63) is 0 Å². The van der Waals surface area contributed by atoms with E-state index in [1.165, 1.54) is 0 Å². The van der Waals surface area contributed by atoms with Gasteiger partial charge in [0.1, 0.15) is 5.78 Å². The Bertz CT molecular complexity index is 348. The van der Waals surface area contributed by atoms with E-state index in [9.17, 15) is 14.4 Å². The lowest BCUT2D eigenvalue weighted by Gasteiger charge is -2.11. The lowest BCUT2D eigenvalue weighted by Crippen LogP contribution is -2.35. The second-order valence-corrected chi connectivity index (χ2v) is 5.25. The summed E-state index contributed by atoms with van der Waals surface area (Å²) in [6.07, 6.45) is 1.89. The Morgan fingerprint density at radius 3 is 2.09 bits per heavy atom. The van der Waals surface area contributed by atoms with Crippen molar-refractivity contribution in [2.75, 3.05) is 32.7 Å². The van der Waals surface area contributed by atoms with Gasteiger partial charge in [0.15, 0.2) is 0 Å². The van der Waals surface area contributed by atoms with E-state index in [1.54, 1.807) is 6.92 Å². The lowest BCUT2D eigenvalue weighted by atomic mass is 9.96. The van der Waals surface area contributed by atoms with Crippen LogP contribution in [0, 0.1) is 5.92 Å². The van der Waals surface area contributed by atoms with Crippen molar-refractivity contribution in [3.8, 4) is 0 Å². The van der Waals surface area contributed by atoms with E-state index in [4.69, 9.17) is 5.11 Å². The normalized spacial score (nSPS) is 11.9. The number of hydrogen-bond acceptors (Lipinski definition) is 5. The van der Waals surface area contributed by atoms with Gasteiger partial charge in [-0.3, -0.25) is 14.4 Å². The minimum Gasteiger partial charge on any atom is -0.481 e. The molecular weight excluding hydrogens is 286 g/mol. The van der Waals surface area contributed by atoms with E-state index >= 15 is 0 Å². The highest BCUT2D eigenvalue weighted by Crippen LogP contribution is 2.11. The molecule has 0 aromatic heterocycles. The Morgan fingerprint density at radius 2 is 1.55 bits per heavy atom. The fraction of sp³-hybridized carbons (Fsp3) is 0.800. The molecule has 0 saturated carbocycles. The highest BCUT2D eigenvalue weighted by molar-refractivity contribution is 5.80. The highest BCUT2D eigenvalue weighted by atomic mass is 16.4. The Kier molecular flexibility index (Phi) is 12.3. The molecule has 0 aromatic carbocycles. The van der Waals surface area contributed by atoms with Crippen molar-refractivity contribution >= 4 is 17.7 Å². The first-order valence-electron chi connectivity index (χ1n) is 7.87. The minimum atomic E-state index is -0.807. The number of Topliss-reactive ketones (excluding diaryl/α,β-unsaturated/α-hetero) is 1. The third kappa shape index (κ3) is 12.3. The summed E-state index contributed by atoms with van der Waals surface area (Å²) in [6, 6.07) is 0. The molecule has 0 spiro atoms. The summed E-state index contributed by atoms with van der Waals surface area (Å²) in [5.74, 6) is -0.701. The van der Waals surface area contributed by atoms with E-state index in [1.807, 2.05) is 6.92 Å². The summed E-state index contributed by atoms with van der Waals surface area (Å²) >= 11 is 0. The number of carboxylic acid groups (broad SMARTS) is 1. The molecule has 1 unspecified atom stereocenters. The molecule has 7 heteroatoms. The summed E-state index contributed by atoms with van der Waals surface area (Å²) in [5.41, 5.74) is 0. The molecule has 7 nitrogen and oxygen atoms in total. The molecule has 0 radical (unpaired) electrons. The molecule has 1 atom stereocenters. The van der Waals surface area contributed by atoms with Crippen molar-refractivity contribution in [1.82, 2.24) is 16.0 Å². The van der Waals surface area contributed by atoms with Crippen LogP contribution in [0.15, 0.2) is 0 Å². The average molecular weight is 315 g/mol. The fourth-order valence-electron chi connectivity index (χ4n) is 2.00. The number of carbonyl (C=O) groups excluding carboxylic acids is 2. The zero-order valence-corrected chi connectivity index (χ0v) is 13.6. The van der Waals surface area contributed by atoms with E-state index in [0.717, 1.165) is 13.0 Å². The number of aliphatic carboxylic acids is 1. The van der Waals surface area contributed by atoms with Gasteiger partial charge in [0.05, 0.1) is 6.42 Å². The Morgan fingerprint density at radius 1 is 0.955 bits per heavy atom. The zero-order valence-electron chi connectivity index (χ0n) is 13.6. The van der Waals surface area contributed by atoms with E-state index in [2.05, 4.69) is 16.0 Å². The van der Waals surface area contributed by atoms with Crippen molar-refractivity contribution < 1.29 is 19.5 Å². The topological polar surface area (TPSA) is 108 Å². The molecule has 0 aliphatic rings. The van der Waals surface area contributed by atoms with Crippen LogP contribution in [0.1, 0.15) is 39.5 Å². The van der Waals surface area contributed by atoms with Crippen molar-refractivity contribution in [3.63, 3.8) is 0 Å². The molecule has 0 bridgehead atoms. The lowest BCUT2D eigenvalue weighted by molar-refractivity contribution is -0.137. The fourth-order valence-corrected chi connectivity index (χ4v) is 2.00. The van der Waals surface area contributed by atoms with Crippen LogP contribution in [-0.2, 0) is 14.4 Å². The molecule has 0 fully saturated rings. The van der Waals surface area contributed by atoms with Gasteiger partial charge in [-0.2, -0.15) is 0 Å². The molecule has 128 valence electrons. The smallest absolute Gasteiger partial charge is 0.304 e. The minimum absolute atomic E-state index is 0.0132. The molecule has 22 heavy (non-hydrogen) atoms. The van der Waals surface area contributed by atoms with Crippen LogP contribution in [0.3, 0.4) is 0 Å². The van der Waals surface area contributed by atoms with Gasteiger partial charge < -0.3 is 21.1 Å². The summed E-state index contributed by atoms with van der Waals surface area (Å²) < 4.78 is 0. The van der Waals surface area contributed by atoms with Gasteiger partial charge >= 0.3 is 5.97 Å². The maximum absolute atomic E-state index is 11.6. The first-order valence-corrected chi connectivity index (χ1v) is 7.87. The monoisotopic (exact) mass is 315 g/mol. The number of carbonyl (C=O) groups is 3. The van der Waals surface area contributed by atoms with E-state index < -0.39 is 5.97 Å². The van der Waals surface area contributed by atoms with Crippen LogP contribution in [0.25, 0.3) is 0 Å². The van der Waals surface area contributed by atoms with Gasteiger partial charge in [-0.15, -0.1) is 0 Å². The Hall–Kier alpha value is -1.47. The van der Waals surface area contributed by atoms with Gasteiger partial charge in [-0.25, -0.2) is 0 Å². The number of nitrogens with one attached hydrogen (secondary N) is 3. The predicted octanol–water partition coefficient (Wildman–Crippen LogP) is 0.152. The third-order valence-electron chi connectivity index (χ3n) is 3.41. The molecule has 0 aromatic rings. The molecule has 4 N–H and O–H groups in total. The summed E-state index contributed by atoms with van der Waals surface area (Å²) in [7, 11) is 0. The Labute approximate surface area is 132 Å². The van der Waals surface area contributed by atoms with Crippen LogP contribution in [0.2, 0.25) is 0 Å². The van der Waals surface area contributed by atoms with Crippen LogP contribution in [0.4, 0.5) is 0 Å². The number of amides is 1. The molecular formula is C15H29N3O4. The maximum atomic E-state index is 11.6. The summed E-state index contributed by atoms with van der Waals surface area (Å²) in [4.78, 5) is 33.1. The van der Waals surface area contributed by atoms with Crippen LogP contribution < -0.4 is 16.0 Å². The zero-order chi connectivity index (χ0) is 16.8. The van der Waals surface area contributed by atoms with Crippen molar-refractivity contribution in [1.29, 1.82) is 0 Å². The second-order valence-electron chi connectivity index (χ2n) is 5.25. The van der Waals surface area contributed by atoms with Gasteiger partial charge in [-0.05, 0) is 19.8 Å². The highest BCUT2D eigenvalue weighted by Gasteiger charge is 2.13. The standard InChI is InChI=1S/C15H29N3O4/c1-3-13(12(2)19)4-5-14(20)18-11-10-17-9-8-16-7-6-15(21)22/h13,16-17H,3-11H2,1-2H3,(H,18,20)(H,21,22). The summed E-state index contributed by atoms with van der Waals surface area (Å²) in [5, 5.41) is 17.4. The first-order chi connectivity index (χ1) is 10.5. The van der Waals surface area contributed by atoms with Crippen LogP contribution >= 0.6 is 0 Å². The quantitative estimate of drug-likeness (QED) is 0.340. The van der Waals surface area contributed by atoms with Crippen LogP contribution in [0.5, 0.6) is 0 Å². The van der Waals surface area contributed by atoms with Crippen LogP contribution in [-0.4, -0.2) is 55.5 Å². The number of rotatable bonds is 14. The van der Waals surface area contributed by atoms with Crippen molar-refractivity contribution in [2.45, 2.75) is 39.5 Å². The van der Waals surface area contributed by atoms with Gasteiger partial charge in [0, 0.05) is 45.1 Å². The van der Waals surface area contributed by atoms with E-state index in [-0.39, 0.29) is 24.0 Å². The predicted molar refractivity (Wildman–Crippen MR) is 84.7 cm³/mol. The first kappa shape index (κ1) is 20.5. The largest absolute Gasteiger partial charge is 0.481 e. The number of hydrogen-bond donors (Lipinski definition) is 4.